The Balaban J connectivity index is 0.000001000. The first kappa shape index (κ1) is 9.97. The van der Waals surface area contributed by atoms with Gasteiger partial charge in [-0.15, -0.1) is 0 Å². The van der Waals surface area contributed by atoms with E-state index >= 15 is 0 Å². The summed E-state index contributed by atoms with van der Waals surface area (Å²) in [6, 6.07) is 0. The minimum atomic E-state index is 0. The van der Waals surface area contributed by atoms with Crippen LogP contribution in [0.3, 0.4) is 0 Å². The van der Waals surface area contributed by atoms with Crippen molar-refractivity contribution in [1.29, 1.82) is 0 Å². The van der Waals surface area contributed by atoms with Crippen molar-refractivity contribution in [2.75, 3.05) is 5.32 Å². The maximum absolute atomic E-state index is 10.00. The van der Waals surface area contributed by atoms with Crippen LogP contribution in [0.25, 0.3) is 0 Å². The van der Waals surface area contributed by atoms with Crippen molar-refractivity contribution in [2.45, 2.75) is 0 Å². The number of aromatic nitrogens is 2. The second-order valence-corrected chi connectivity index (χ2v) is 1.46. The third-order valence-corrected chi connectivity index (χ3v) is 0.911. The molecule has 0 saturated carbocycles. The summed E-state index contributed by atoms with van der Waals surface area (Å²) in [5.74, 6) is 0.144. The van der Waals surface area contributed by atoms with Crippen molar-refractivity contribution in [3.63, 3.8) is 0 Å². The molecule has 0 unspecified atom stereocenters. The van der Waals surface area contributed by atoms with Gasteiger partial charge in [0.05, 0.1) is 12.7 Å². The largest absolute Gasteiger partial charge is 2.00 e. The molecule has 11 heavy (non-hydrogen) atoms. The molecule has 1 amide bonds. The molecule has 0 saturated heterocycles. The maximum Gasteiger partial charge on any atom is 2.00 e. The van der Waals surface area contributed by atoms with E-state index in [1.807, 2.05) is 0 Å². The zero-order valence-electron chi connectivity index (χ0n) is 5.17. The summed E-state index contributed by atoms with van der Waals surface area (Å²) < 4.78 is 0. The first-order chi connectivity index (χ1) is 4.88. The normalized spacial score (nSPS) is 8.00. The minimum absolute atomic E-state index is 0. The molecule has 59 valence electrons. The summed E-state index contributed by atoms with van der Waals surface area (Å²) in [4.78, 5) is 25.8. The van der Waals surface area contributed by atoms with Gasteiger partial charge in [-0.1, -0.05) is 5.69 Å². The van der Waals surface area contributed by atoms with Crippen molar-refractivity contribution >= 4 is 18.5 Å². The van der Waals surface area contributed by atoms with Crippen LogP contribution in [0.1, 0.15) is 5.69 Å². The van der Waals surface area contributed by atoms with E-state index in [1.165, 1.54) is 12.7 Å². The fourth-order valence-electron chi connectivity index (χ4n) is 0.515. The molecule has 0 aliphatic carbocycles. The molecule has 1 heterocycles. The monoisotopic (exact) mass is 240 g/mol. The molecule has 0 spiro atoms. The predicted octanol–water partition coefficient (Wildman–Crippen LogP) is -0.656. The molecule has 2 N–H and O–H groups in total. The molecule has 0 aromatic carbocycles. The van der Waals surface area contributed by atoms with Gasteiger partial charge in [-0.3, -0.25) is 0 Å². The summed E-state index contributed by atoms with van der Waals surface area (Å²) >= 11 is 0. The van der Waals surface area contributed by atoms with Gasteiger partial charge in [0.15, 0.2) is 0 Å². The van der Waals surface area contributed by atoms with E-state index in [9.17, 15) is 9.59 Å². The Bertz CT molecular complexity index is 248. The van der Waals surface area contributed by atoms with E-state index in [0.29, 0.717) is 0 Å². The summed E-state index contributed by atoms with van der Waals surface area (Å²) in [5.41, 5.74) is 0.114. The number of imidazole rings is 1. The molecule has 1 aromatic rings. The third-order valence-electron chi connectivity index (χ3n) is 0.911. The quantitative estimate of drug-likeness (QED) is 0.418. The standard InChI is InChI=1S/C5H3N3O2.Rh/c9-1-4-5(8-3-10)7-2-6-4;/h2H,(H,6,7)(H,8,10);/q-2;+2. The molecular weight excluding hydrogens is 237 g/mol. The van der Waals surface area contributed by atoms with E-state index in [0.717, 1.165) is 0 Å². The smallest absolute Gasteiger partial charge is 0.475 e. The van der Waals surface area contributed by atoms with Crippen molar-refractivity contribution in [1.82, 2.24) is 9.97 Å². The van der Waals surface area contributed by atoms with Crippen molar-refractivity contribution in [3.05, 3.63) is 12.0 Å². The SMILES string of the molecule is O=[C-]Nc1nc[nH]c1[C-]=O.[Rh+2]. The summed E-state index contributed by atoms with van der Waals surface area (Å²) in [7, 11) is 0. The van der Waals surface area contributed by atoms with Crippen LogP contribution < -0.4 is 5.32 Å². The average molecular weight is 240 g/mol. The summed E-state index contributed by atoms with van der Waals surface area (Å²) in [6.07, 6.45) is 4.21. The zero-order chi connectivity index (χ0) is 7.40. The second-order valence-electron chi connectivity index (χ2n) is 1.46. The molecule has 1 aromatic heterocycles. The van der Waals surface area contributed by atoms with Crippen molar-refractivity contribution < 1.29 is 29.1 Å². The number of H-pyrrole nitrogens is 1. The Morgan fingerprint density at radius 1 is 1.55 bits per heavy atom. The minimum Gasteiger partial charge on any atom is -0.475 e. The number of aromatic amines is 1. The molecule has 5 nitrogen and oxygen atoms in total. The van der Waals surface area contributed by atoms with Gasteiger partial charge in [0, 0.05) is 6.29 Å². The Hall–Kier alpha value is -1.03. The van der Waals surface area contributed by atoms with Crippen LogP contribution in [0.2, 0.25) is 0 Å². The molecule has 0 aliphatic heterocycles. The third kappa shape index (κ3) is 2.23. The Morgan fingerprint density at radius 3 is 2.82 bits per heavy atom. The van der Waals surface area contributed by atoms with E-state index in [2.05, 4.69) is 15.3 Å². The van der Waals surface area contributed by atoms with Crippen LogP contribution >= 0.6 is 0 Å². The fraction of sp³-hybridized carbons (Fsp3) is 0. The van der Waals surface area contributed by atoms with Gasteiger partial charge in [-0.25, -0.2) is 0 Å². The summed E-state index contributed by atoms with van der Waals surface area (Å²) in [6.45, 7) is 0. The number of hydrogen-bond donors (Lipinski definition) is 2. The van der Waals surface area contributed by atoms with Gasteiger partial charge in [0.2, 0.25) is 0 Å². The second kappa shape index (κ2) is 4.74. The zero-order valence-corrected chi connectivity index (χ0v) is 6.81. The number of carbonyl (C=O) groups excluding carboxylic acids is 2. The molecule has 0 atom stereocenters. The molecule has 0 bridgehead atoms. The first-order valence-electron chi connectivity index (χ1n) is 2.43. The van der Waals surface area contributed by atoms with Crippen LogP contribution in [0.15, 0.2) is 6.33 Å². The number of rotatable bonds is 3. The Labute approximate surface area is 75.3 Å². The van der Waals surface area contributed by atoms with Crippen LogP contribution in [-0.4, -0.2) is 22.7 Å². The molecule has 1 radical (unpaired) electrons. The number of amides is 1. The Kier molecular flexibility index (Phi) is 4.30. The number of hydrogen-bond acceptors (Lipinski definition) is 3. The molecule has 6 heteroatoms. The van der Waals surface area contributed by atoms with Crippen LogP contribution in [0.5, 0.6) is 0 Å². The van der Waals surface area contributed by atoms with Gasteiger partial charge in [0.1, 0.15) is 0 Å². The molecular formula is C5H3N3O2Rh. The fourth-order valence-corrected chi connectivity index (χ4v) is 0.515. The predicted molar refractivity (Wildman–Crippen MR) is 32.7 cm³/mol. The van der Waals surface area contributed by atoms with Gasteiger partial charge < -0.3 is 24.9 Å². The average Bonchev–Trinajstić information content (AvgIpc) is 2.36. The van der Waals surface area contributed by atoms with Gasteiger partial charge in [-0.2, -0.15) is 0 Å². The Morgan fingerprint density at radius 2 is 2.27 bits per heavy atom. The summed E-state index contributed by atoms with van der Waals surface area (Å²) in [5, 5.41) is 2.10. The van der Waals surface area contributed by atoms with Crippen molar-refractivity contribution in [2.24, 2.45) is 0 Å². The maximum atomic E-state index is 10.00. The van der Waals surface area contributed by atoms with Crippen molar-refractivity contribution in [3.8, 4) is 0 Å². The number of nitrogens with one attached hydrogen (secondary N) is 2. The van der Waals surface area contributed by atoms with E-state index in [-0.39, 0.29) is 31.0 Å². The number of nitrogens with zero attached hydrogens (tertiary/aromatic N) is 1. The molecule has 0 fully saturated rings. The van der Waals surface area contributed by atoms with Crippen LogP contribution in [-0.2, 0) is 29.1 Å². The van der Waals surface area contributed by atoms with Gasteiger partial charge in [-0.05, 0) is 5.82 Å². The van der Waals surface area contributed by atoms with Crippen LogP contribution in [0.4, 0.5) is 5.82 Å². The van der Waals surface area contributed by atoms with Gasteiger partial charge in [0.25, 0.3) is 0 Å². The number of anilines is 1. The topological polar surface area (TPSA) is 74.8 Å². The van der Waals surface area contributed by atoms with E-state index in [1.54, 1.807) is 6.29 Å². The molecule has 0 aliphatic rings. The van der Waals surface area contributed by atoms with Gasteiger partial charge >= 0.3 is 19.5 Å². The van der Waals surface area contributed by atoms with Crippen LogP contribution in [0, 0.1) is 0 Å². The molecule has 1 rings (SSSR count). The van der Waals surface area contributed by atoms with E-state index < -0.39 is 0 Å². The van der Waals surface area contributed by atoms with E-state index in [4.69, 9.17) is 0 Å². The first-order valence-corrected chi connectivity index (χ1v) is 2.43.